The maximum absolute atomic E-state index is 5.70. The minimum absolute atomic E-state index is 0.162. The number of morpholine rings is 1. The molecule has 1 aliphatic heterocycles. The lowest BCUT2D eigenvalue weighted by Gasteiger charge is -2.37. The summed E-state index contributed by atoms with van der Waals surface area (Å²) in [5.74, 6) is 1.31. The molecule has 90 valence electrons. The number of hydrogen-bond donors (Lipinski definition) is 0. The fourth-order valence-corrected chi connectivity index (χ4v) is 2.17. The largest absolute Gasteiger partial charge is 0.424 e. The Morgan fingerprint density at radius 1 is 1.25 bits per heavy atom. The maximum Gasteiger partial charge on any atom is 0.233 e. The summed E-state index contributed by atoms with van der Waals surface area (Å²) in [6.07, 6.45) is 0.519. The van der Waals surface area contributed by atoms with Crippen LogP contribution in [0.2, 0.25) is 0 Å². The van der Waals surface area contributed by atoms with Crippen LogP contribution in [0.3, 0.4) is 0 Å². The Morgan fingerprint density at radius 3 is 2.38 bits per heavy atom. The Labute approximate surface area is 95.8 Å². The van der Waals surface area contributed by atoms with Crippen molar-refractivity contribution in [2.24, 2.45) is 0 Å². The zero-order chi connectivity index (χ0) is 11.7. The van der Waals surface area contributed by atoms with Gasteiger partial charge >= 0.3 is 0 Å². The van der Waals surface area contributed by atoms with Gasteiger partial charge < -0.3 is 9.15 Å². The van der Waals surface area contributed by atoms with Gasteiger partial charge in [0.25, 0.3) is 0 Å². The first-order valence-electron chi connectivity index (χ1n) is 5.75. The third kappa shape index (κ3) is 2.41. The van der Waals surface area contributed by atoms with Crippen LogP contribution < -0.4 is 0 Å². The zero-order valence-corrected chi connectivity index (χ0v) is 10.3. The number of nitrogens with zero attached hydrogens (tertiary/aromatic N) is 3. The molecule has 0 unspecified atom stereocenters. The third-order valence-corrected chi connectivity index (χ3v) is 2.89. The van der Waals surface area contributed by atoms with Gasteiger partial charge in [0.1, 0.15) is 0 Å². The van der Waals surface area contributed by atoms with Gasteiger partial charge in [0, 0.05) is 20.0 Å². The quantitative estimate of drug-likeness (QED) is 0.764. The second-order valence-electron chi connectivity index (χ2n) is 4.55. The summed E-state index contributed by atoms with van der Waals surface area (Å²) in [6.45, 7) is 9.91. The lowest BCUT2D eigenvalue weighted by Crippen LogP contribution is -2.46. The Morgan fingerprint density at radius 2 is 1.88 bits per heavy atom. The average molecular weight is 225 g/mol. The molecule has 0 bridgehead atoms. The number of rotatable bonds is 2. The predicted octanol–water partition coefficient (Wildman–Crippen LogP) is 1.55. The number of aromatic nitrogens is 2. The Hall–Kier alpha value is -0.940. The first-order chi connectivity index (χ1) is 7.56. The van der Waals surface area contributed by atoms with E-state index in [1.165, 1.54) is 0 Å². The van der Waals surface area contributed by atoms with Crippen LogP contribution in [-0.2, 0) is 4.74 Å². The second kappa shape index (κ2) is 4.51. The fraction of sp³-hybridized carbons (Fsp3) is 0.818. The summed E-state index contributed by atoms with van der Waals surface area (Å²) in [6, 6.07) is 0.162. The Bertz CT molecular complexity index is 343. The van der Waals surface area contributed by atoms with Gasteiger partial charge in [-0.2, -0.15) is 0 Å². The smallest absolute Gasteiger partial charge is 0.233 e. The van der Waals surface area contributed by atoms with Crippen LogP contribution in [-0.4, -0.2) is 40.4 Å². The molecule has 1 saturated heterocycles. The van der Waals surface area contributed by atoms with Crippen LogP contribution in [0.15, 0.2) is 4.42 Å². The highest BCUT2D eigenvalue weighted by molar-refractivity contribution is 4.90. The second-order valence-corrected chi connectivity index (χ2v) is 4.55. The van der Waals surface area contributed by atoms with Crippen molar-refractivity contribution in [3.8, 4) is 0 Å². The van der Waals surface area contributed by atoms with E-state index >= 15 is 0 Å². The molecule has 2 heterocycles. The van der Waals surface area contributed by atoms with E-state index in [-0.39, 0.29) is 18.2 Å². The first kappa shape index (κ1) is 11.5. The molecule has 0 radical (unpaired) electrons. The van der Waals surface area contributed by atoms with Crippen LogP contribution in [0.4, 0.5) is 0 Å². The lowest BCUT2D eigenvalue weighted by molar-refractivity contribution is -0.0814. The zero-order valence-electron chi connectivity index (χ0n) is 10.3. The number of ether oxygens (including phenoxy) is 1. The van der Waals surface area contributed by atoms with Crippen molar-refractivity contribution in [2.45, 2.75) is 45.9 Å². The van der Waals surface area contributed by atoms with Gasteiger partial charge in [-0.05, 0) is 20.8 Å². The molecule has 0 spiro atoms. The van der Waals surface area contributed by atoms with Gasteiger partial charge in [-0.1, -0.05) is 0 Å². The SMILES string of the molecule is Cc1nnc([C@H](C)N2C[C@H](C)O[C@@H](C)C2)o1. The van der Waals surface area contributed by atoms with Crippen molar-refractivity contribution in [3.63, 3.8) is 0 Å². The van der Waals surface area contributed by atoms with Crippen LogP contribution in [0, 0.1) is 6.92 Å². The van der Waals surface area contributed by atoms with E-state index < -0.39 is 0 Å². The molecule has 0 N–H and O–H groups in total. The molecular weight excluding hydrogens is 206 g/mol. The lowest BCUT2D eigenvalue weighted by atomic mass is 10.2. The van der Waals surface area contributed by atoms with E-state index in [2.05, 4.69) is 35.9 Å². The van der Waals surface area contributed by atoms with Crippen molar-refractivity contribution in [1.82, 2.24) is 15.1 Å². The summed E-state index contributed by atoms with van der Waals surface area (Å²) < 4.78 is 11.2. The molecule has 0 aromatic carbocycles. The van der Waals surface area contributed by atoms with E-state index in [1.807, 2.05) is 6.92 Å². The topological polar surface area (TPSA) is 51.4 Å². The first-order valence-corrected chi connectivity index (χ1v) is 5.75. The highest BCUT2D eigenvalue weighted by Gasteiger charge is 2.28. The van der Waals surface area contributed by atoms with Crippen LogP contribution in [0.5, 0.6) is 0 Å². The van der Waals surface area contributed by atoms with Gasteiger partial charge in [0.05, 0.1) is 18.2 Å². The molecule has 16 heavy (non-hydrogen) atoms. The Balaban J connectivity index is 2.06. The van der Waals surface area contributed by atoms with Crippen molar-refractivity contribution in [1.29, 1.82) is 0 Å². The standard InChI is InChI=1S/C11H19N3O2/c1-7-5-14(6-8(2)15-7)9(3)11-13-12-10(4)16-11/h7-9H,5-6H2,1-4H3/t7-,8-,9-/m0/s1. The molecule has 1 aromatic heterocycles. The third-order valence-electron chi connectivity index (χ3n) is 2.89. The van der Waals surface area contributed by atoms with Crippen molar-refractivity contribution in [3.05, 3.63) is 11.8 Å². The van der Waals surface area contributed by atoms with Crippen molar-refractivity contribution >= 4 is 0 Å². The van der Waals surface area contributed by atoms with Crippen LogP contribution >= 0.6 is 0 Å². The molecular formula is C11H19N3O2. The summed E-state index contributed by atoms with van der Waals surface area (Å²) in [4.78, 5) is 2.33. The predicted molar refractivity (Wildman–Crippen MR) is 59.0 cm³/mol. The molecule has 0 aliphatic carbocycles. The van der Waals surface area contributed by atoms with Crippen LogP contribution in [0.25, 0.3) is 0 Å². The van der Waals surface area contributed by atoms with Gasteiger partial charge in [-0.3, -0.25) is 4.90 Å². The van der Waals surface area contributed by atoms with E-state index in [9.17, 15) is 0 Å². The highest BCUT2D eigenvalue weighted by atomic mass is 16.5. The van der Waals surface area contributed by atoms with Crippen molar-refractivity contribution in [2.75, 3.05) is 13.1 Å². The summed E-state index contributed by atoms with van der Waals surface area (Å²) >= 11 is 0. The van der Waals surface area contributed by atoms with Gasteiger partial charge in [0.15, 0.2) is 0 Å². The van der Waals surface area contributed by atoms with Crippen molar-refractivity contribution < 1.29 is 9.15 Å². The number of hydrogen-bond acceptors (Lipinski definition) is 5. The molecule has 0 amide bonds. The molecule has 1 aliphatic rings. The minimum Gasteiger partial charge on any atom is -0.424 e. The van der Waals surface area contributed by atoms with Gasteiger partial charge in [-0.15, -0.1) is 10.2 Å². The summed E-state index contributed by atoms with van der Waals surface area (Å²) in [5.41, 5.74) is 0. The molecule has 5 heteroatoms. The van der Waals surface area contributed by atoms with E-state index in [0.29, 0.717) is 11.8 Å². The normalized spacial score (nSPS) is 29.2. The van der Waals surface area contributed by atoms with E-state index in [4.69, 9.17) is 9.15 Å². The molecule has 5 nitrogen and oxygen atoms in total. The average Bonchev–Trinajstić information content (AvgIpc) is 2.62. The molecule has 2 rings (SSSR count). The number of aryl methyl sites for hydroxylation is 1. The van der Waals surface area contributed by atoms with Gasteiger partial charge in [0.2, 0.25) is 11.8 Å². The molecule has 1 fully saturated rings. The van der Waals surface area contributed by atoms with Crippen LogP contribution in [0.1, 0.15) is 38.6 Å². The Kier molecular flexibility index (Phi) is 3.25. The highest BCUT2D eigenvalue weighted by Crippen LogP contribution is 2.23. The maximum atomic E-state index is 5.70. The molecule has 0 saturated carbocycles. The van der Waals surface area contributed by atoms with E-state index in [0.717, 1.165) is 13.1 Å². The monoisotopic (exact) mass is 225 g/mol. The fourth-order valence-electron chi connectivity index (χ4n) is 2.17. The minimum atomic E-state index is 0.162. The van der Waals surface area contributed by atoms with Gasteiger partial charge in [-0.25, -0.2) is 0 Å². The molecule has 3 atom stereocenters. The summed E-state index contributed by atoms with van der Waals surface area (Å²) in [5, 5.41) is 7.94. The summed E-state index contributed by atoms with van der Waals surface area (Å²) in [7, 11) is 0. The molecule has 1 aromatic rings. The van der Waals surface area contributed by atoms with E-state index in [1.54, 1.807) is 0 Å².